The minimum atomic E-state index is -2.39. The highest BCUT2D eigenvalue weighted by atomic mass is 19.3. The molecule has 1 saturated carbocycles. The van der Waals surface area contributed by atoms with Gasteiger partial charge in [-0.05, 0) is 6.42 Å². The minimum absolute atomic E-state index is 0.370. The molecule has 1 aliphatic rings. The highest BCUT2D eigenvalue weighted by Crippen LogP contribution is 2.66. The van der Waals surface area contributed by atoms with Gasteiger partial charge < -0.3 is 0 Å². The average molecular weight is 134 g/mol. The van der Waals surface area contributed by atoms with Crippen LogP contribution in [0.4, 0.5) is 8.78 Å². The second kappa shape index (κ2) is 1.47. The Labute approximate surface area is 54.3 Å². The molecule has 2 heteroatoms. The predicted octanol–water partition coefficient (Wildman–Crippen LogP) is 2.69. The molecule has 0 heterocycles. The van der Waals surface area contributed by atoms with Crippen molar-refractivity contribution >= 4 is 0 Å². The topological polar surface area (TPSA) is 0 Å². The molecule has 0 spiro atoms. The second-order valence-corrected chi connectivity index (χ2v) is 3.31. The molecule has 0 aromatic heterocycles. The molecule has 1 aliphatic carbocycles. The summed E-state index contributed by atoms with van der Waals surface area (Å²) in [7, 11) is 0. The quantitative estimate of drug-likeness (QED) is 0.517. The average Bonchev–Trinajstić information content (AvgIpc) is 2.00. The van der Waals surface area contributed by atoms with Crippen molar-refractivity contribution in [2.24, 2.45) is 11.3 Å². The van der Waals surface area contributed by atoms with E-state index in [1.54, 1.807) is 13.8 Å². The lowest BCUT2D eigenvalue weighted by atomic mass is 10.1. The van der Waals surface area contributed by atoms with Gasteiger partial charge in [-0.15, -0.1) is 0 Å². The van der Waals surface area contributed by atoms with E-state index >= 15 is 0 Å². The van der Waals surface area contributed by atoms with E-state index in [9.17, 15) is 8.78 Å². The molecule has 0 nitrogen and oxygen atoms in total. The third kappa shape index (κ3) is 0.620. The van der Waals surface area contributed by atoms with E-state index in [1.807, 2.05) is 6.92 Å². The fourth-order valence-electron chi connectivity index (χ4n) is 1.52. The number of alkyl halides is 2. The monoisotopic (exact) mass is 134 g/mol. The van der Waals surface area contributed by atoms with Crippen molar-refractivity contribution in [2.75, 3.05) is 0 Å². The van der Waals surface area contributed by atoms with Crippen LogP contribution in [0.15, 0.2) is 0 Å². The van der Waals surface area contributed by atoms with Gasteiger partial charge in [0.05, 0.1) is 0 Å². The molecule has 0 amide bonds. The summed E-state index contributed by atoms with van der Waals surface area (Å²) >= 11 is 0. The Morgan fingerprint density at radius 3 is 1.67 bits per heavy atom. The highest BCUT2D eigenvalue weighted by molar-refractivity contribution is 5.11. The van der Waals surface area contributed by atoms with Gasteiger partial charge in [0, 0.05) is 11.3 Å². The molecule has 0 radical (unpaired) electrons. The van der Waals surface area contributed by atoms with E-state index in [0.29, 0.717) is 6.42 Å². The number of rotatable bonds is 1. The fraction of sp³-hybridized carbons (Fsp3) is 1.00. The molecule has 0 aliphatic heterocycles. The van der Waals surface area contributed by atoms with Crippen LogP contribution in [-0.4, -0.2) is 5.92 Å². The predicted molar refractivity (Wildman–Crippen MR) is 32.5 cm³/mol. The Bertz CT molecular complexity index is 113. The normalized spacial score (nSPS) is 36.3. The van der Waals surface area contributed by atoms with Gasteiger partial charge >= 0.3 is 0 Å². The molecule has 0 N–H and O–H groups in total. The molecular formula is C7H12F2. The highest BCUT2D eigenvalue weighted by Gasteiger charge is 2.73. The molecule has 0 aromatic carbocycles. The van der Waals surface area contributed by atoms with Crippen molar-refractivity contribution < 1.29 is 8.78 Å². The molecular weight excluding hydrogens is 122 g/mol. The summed E-state index contributed by atoms with van der Waals surface area (Å²) in [5.74, 6) is -2.76. The zero-order valence-corrected chi connectivity index (χ0v) is 6.04. The van der Waals surface area contributed by atoms with Gasteiger partial charge in [0.1, 0.15) is 0 Å². The van der Waals surface area contributed by atoms with Crippen LogP contribution in [0.2, 0.25) is 0 Å². The zero-order valence-electron chi connectivity index (χ0n) is 6.04. The maximum atomic E-state index is 12.6. The van der Waals surface area contributed by atoms with Crippen LogP contribution in [0.5, 0.6) is 0 Å². The van der Waals surface area contributed by atoms with Gasteiger partial charge in [-0.1, -0.05) is 20.8 Å². The second-order valence-electron chi connectivity index (χ2n) is 3.31. The number of halogens is 2. The van der Waals surface area contributed by atoms with Crippen LogP contribution in [0, 0.1) is 11.3 Å². The van der Waals surface area contributed by atoms with Crippen molar-refractivity contribution in [3.63, 3.8) is 0 Å². The SMILES string of the molecule is CCC1C(C)(C)C1(F)F. The van der Waals surface area contributed by atoms with E-state index in [2.05, 4.69) is 0 Å². The van der Waals surface area contributed by atoms with Crippen LogP contribution in [-0.2, 0) is 0 Å². The summed E-state index contributed by atoms with van der Waals surface area (Å²) in [4.78, 5) is 0. The molecule has 0 aromatic rings. The summed E-state index contributed by atoms with van der Waals surface area (Å²) in [6.07, 6.45) is 0.597. The lowest BCUT2D eigenvalue weighted by Crippen LogP contribution is -1.99. The van der Waals surface area contributed by atoms with Crippen LogP contribution in [0.1, 0.15) is 27.2 Å². The first-order valence-corrected chi connectivity index (χ1v) is 3.32. The first-order valence-electron chi connectivity index (χ1n) is 3.32. The van der Waals surface area contributed by atoms with Crippen molar-refractivity contribution in [2.45, 2.75) is 33.1 Å². The van der Waals surface area contributed by atoms with Crippen molar-refractivity contribution in [3.8, 4) is 0 Å². The van der Waals surface area contributed by atoms with Gasteiger partial charge in [0.25, 0.3) is 5.92 Å². The molecule has 9 heavy (non-hydrogen) atoms. The Hall–Kier alpha value is -0.140. The summed E-state index contributed by atoms with van der Waals surface area (Å²) < 4.78 is 25.1. The van der Waals surface area contributed by atoms with Gasteiger partial charge in [0.2, 0.25) is 0 Å². The van der Waals surface area contributed by atoms with Crippen LogP contribution in [0.25, 0.3) is 0 Å². The zero-order chi connectivity index (χ0) is 7.28. The third-order valence-corrected chi connectivity index (χ3v) is 2.49. The van der Waals surface area contributed by atoms with E-state index in [-0.39, 0.29) is 5.92 Å². The van der Waals surface area contributed by atoms with Gasteiger partial charge in [-0.3, -0.25) is 0 Å². The number of hydrogen-bond donors (Lipinski definition) is 0. The molecule has 1 rings (SSSR count). The lowest BCUT2D eigenvalue weighted by Gasteiger charge is -1.96. The third-order valence-electron chi connectivity index (χ3n) is 2.49. The first-order chi connectivity index (χ1) is 3.94. The van der Waals surface area contributed by atoms with E-state index in [4.69, 9.17) is 0 Å². The molecule has 1 atom stereocenters. The first kappa shape index (κ1) is 6.97. The van der Waals surface area contributed by atoms with Crippen LogP contribution < -0.4 is 0 Å². The van der Waals surface area contributed by atoms with Crippen molar-refractivity contribution in [1.29, 1.82) is 0 Å². The van der Waals surface area contributed by atoms with Crippen molar-refractivity contribution in [3.05, 3.63) is 0 Å². The standard InChI is InChI=1S/C7H12F2/c1-4-5-6(2,3)7(5,8)9/h5H,4H2,1-3H3. The smallest absolute Gasteiger partial charge is 0.206 e. The largest absolute Gasteiger partial charge is 0.257 e. The summed E-state index contributed by atoms with van der Waals surface area (Å²) in [6, 6.07) is 0. The van der Waals surface area contributed by atoms with Crippen LogP contribution in [0.3, 0.4) is 0 Å². The Morgan fingerprint density at radius 2 is 1.67 bits per heavy atom. The molecule has 54 valence electrons. The summed E-state index contributed by atoms with van der Waals surface area (Å²) in [5, 5.41) is 0. The maximum Gasteiger partial charge on any atom is 0.257 e. The van der Waals surface area contributed by atoms with Gasteiger partial charge in [0.15, 0.2) is 0 Å². The Kier molecular flexibility index (Phi) is 1.14. The Morgan fingerprint density at radius 1 is 1.33 bits per heavy atom. The van der Waals surface area contributed by atoms with Gasteiger partial charge in [-0.25, -0.2) is 8.78 Å². The van der Waals surface area contributed by atoms with Crippen LogP contribution >= 0.6 is 0 Å². The van der Waals surface area contributed by atoms with E-state index in [0.717, 1.165) is 0 Å². The molecule has 1 unspecified atom stereocenters. The maximum absolute atomic E-state index is 12.6. The van der Waals surface area contributed by atoms with Gasteiger partial charge in [-0.2, -0.15) is 0 Å². The summed E-state index contributed by atoms with van der Waals surface area (Å²) in [5.41, 5.74) is -0.720. The molecule has 0 bridgehead atoms. The number of hydrogen-bond acceptors (Lipinski definition) is 0. The lowest BCUT2D eigenvalue weighted by molar-refractivity contribution is 0.0663. The summed E-state index contributed by atoms with van der Waals surface area (Å²) in [6.45, 7) is 5.07. The fourth-order valence-corrected chi connectivity index (χ4v) is 1.52. The van der Waals surface area contributed by atoms with E-state index in [1.165, 1.54) is 0 Å². The minimum Gasteiger partial charge on any atom is -0.206 e. The Balaban J connectivity index is 2.66. The van der Waals surface area contributed by atoms with E-state index < -0.39 is 11.3 Å². The molecule has 0 saturated heterocycles. The van der Waals surface area contributed by atoms with Crippen molar-refractivity contribution in [1.82, 2.24) is 0 Å². The molecule has 1 fully saturated rings.